The molecule has 4 heteroatoms. The fourth-order valence-corrected chi connectivity index (χ4v) is 1.66. The number of pyridine rings is 1. The lowest BCUT2D eigenvalue weighted by atomic mass is 10.2. The van der Waals surface area contributed by atoms with Gasteiger partial charge in [-0.3, -0.25) is 4.98 Å². The standard InChI is InChI=1S/C14H22N2O2/c1-3-4-5-6-9-15-11-13-8-7-12(10-16-13)14(17)18-2/h7-8,10,15H,3-6,9,11H2,1-2H3. The average molecular weight is 250 g/mol. The Bertz CT molecular complexity index is 349. The van der Waals surface area contributed by atoms with Gasteiger partial charge in [0.1, 0.15) is 0 Å². The fourth-order valence-electron chi connectivity index (χ4n) is 1.66. The first kappa shape index (κ1) is 14.6. The van der Waals surface area contributed by atoms with Gasteiger partial charge in [0.2, 0.25) is 0 Å². The van der Waals surface area contributed by atoms with Gasteiger partial charge in [0, 0.05) is 12.7 Å². The van der Waals surface area contributed by atoms with Gasteiger partial charge in [-0.25, -0.2) is 4.79 Å². The second kappa shape index (κ2) is 8.64. The van der Waals surface area contributed by atoms with Crippen LogP contribution in [0.2, 0.25) is 0 Å². The molecule has 100 valence electrons. The van der Waals surface area contributed by atoms with Crippen LogP contribution in [-0.4, -0.2) is 24.6 Å². The van der Waals surface area contributed by atoms with Gasteiger partial charge in [0.15, 0.2) is 0 Å². The van der Waals surface area contributed by atoms with E-state index in [0.717, 1.165) is 18.8 Å². The summed E-state index contributed by atoms with van der Waals surface area (Å²) < 4.78 is 4.62. The monoisotopic (exact) mass is 250 g/mol. The van der Waals surface area contributed by atoms with E-state index in [-0.39, 0.29) is 5.97 Å². The highest BCUT2D eigenvalue weighted by Crippen LogP contribution is 2.02. The Labute approximate surface area is 109 Å². The quantitative estimate of drug-likeness (QED) is 0.569. The summed E-state index contributed by atoms with van der Waals surface area (Å²) >= 11 is 0. The first-order valence-corrected chi connectivity index (χ1v) is 6.52. The van der Waals surface area contributed by atoms with Crippen molar-refractivity contribution in [2.45, 2.75) is 39.2 Å². The van der Waals surface area contributed by atoms with Crippen LogP contribution in [0.3, 0.4) is 0 Å². The van der Waals surface area contributed by atoms with Gasteiger partial charge in [-0.2, -0.15) is 0 Å². The number of esters is 1. The summed E-state index contributed by atoms with van der Waals surface area (Å²) in [6.45, 7) is 3.97. The van der Waals surface area contributed by atoms with Gasteiger partial charge in [0.25, 0.3) is 0 Å². The molecule has 0 aliphatic heterocycles. The lowest BCUT2D eigenvalue weighted by Gasteiger charge is -2.05. The van der Waals surface area contributed by atoms with Crippen molar-refractivity contribution in [3.8, 4) is 0 Å². The number of nitrogens with zero attached hydrogens (tertiary/aromatic N) is 1. The number of hydrogen-bond acceptors (Lipinski definition) is 4. The average Bonchev–Trinajstić information content (AvgIpc) is 2.42. The number of nitrogens with one attached hydrogen (secondary N) is 1. The van der Waals surface area contributed by atoms with Gasteiger partial charge in [0.05, 0.1) is 18.4 Å². The predicted octanol–water partition coefficient (Wildman–Crippen LogP) is 2.54. The minimum atomic E-state index is -0.346. The molecule has 0 aliphatic rings. The Balaban J connectivity index is 2.25. The van der Waals surface area contributed by atoms with Crippen molar-refractivity contribution in [1.82, 2.24) is 10.3 Å². The van der Waals surface area contributed by atoms with Crippen LogP contribution in [0.5, 0.6) is 0 Å². The third kappa shape index (κ3) is 5.27. The minimum Gasteiger partial charge on any atom is -0.465 e. The second-order valence-corrected chi connectivity index (χ2v) is 4.27. The van der Waals surface area contributed by atoms with Crippen molar-refractivity contribution >= 4 is 5.97 Å². The number of rotatable bonds is 8. The van der Waals surface area contributed by atoms with Crippen LogP contribution in [0.1, 0.15) is 48.7 Å². The molecule has 0 spiro atoms. The molecular formula is C14H22N2O2. The van der Waals surface area contributed by atoms with Gasteiger partial charge in [-0.15, -0.1) is 0 Å². The van der Waals surface area contributed by atoms with E-state index in [2.05, 4.69) is 22.0 Å². The molecule has 4 nitrogen and oxygen atoms in total. The Morgan fingerprint density at radius 1 is 1.33 bits per heavy atom. The van der Waals surface area contributed by atoms with Gasteiger partial charge in [-0.05, 0) is 25.1 Å². The lowest BCUT2D eigenvalue weighted by molar-refractivity contribution is 0.0600. The van der Waals surface area contributed by atoms with E-state index < -0.39 is 0 Å². The largest absolute Gasteiger partial charge is 0.465 e. The normalized spacial score (nSPS) is 10.3. The first-order chi connectivity index (χ1) is 8.77. The summed E-state index contributed by atoms with van der Waals surface area (Å²) in [5, 5.41) is 3.34. The van der Waals surface area contributed by atoms with Crippen molar-refractivity contribution in [2.75, 3.05) is 13.7 Å². The molecule has 0 fully saturated rings. The highest BCUT2D eigenvalue weighted by atomic mass is 16.5. The molecule has 1 rings (SSSR count). The van der Waals surface area contributed by atoms with E-state index in [4.69, 9.17) is 0 Å². The fraction of sp³-hybridized carbons (Fsp3) is 0.571. The number of carbonyl (C=O) groups is 1. The molecule has 1 N–H and O–H groups in total. The maximum Gasteiger partial charge on any atom is 0.339 e. The number of hydrogen-bond donors (Lipinski definition) is 1. The van der Waals surface area contributed by atoms with E-state index in [9.17, 15) is 4.79 Å². The van der Waals surface area contributed by atoms with Crippen molar-refractivity contribution in [3.05, 3.63) is 29.6 Å². The summed E-state index contributed by atoms with van der Waals surface area (Å²) in [7, 11) is 1.37. The molecule has 0 amide bonds. The number of methoxy groups -OCH3 is 1. The summed E-state index contributed by atoms with van der Waals surface area (Å²) in [6, 6.07) is 3.60. The number of carbonyl (C=O) groups excluding carboxylic acids is 1. The van der Waals surface area contributed by atoms with Crippen LogP contribution >= 0.6 is 0 Å². The Morgan fingerprint density at radius 2 is 2.17 bits per heavy atom. The van der Waals surface area contributed by atoms with Crippen LogP contribution in [0.25, 0.3) is 0 Å². The highest BCUT2D eigenvalue weighted by molar-refractivity contribution is 5.88. The third-order valence-corrected chi connectivity index (χ3v) is 2.76. The smallest absolute Gasteiger partial charge is 0.339 e. The molecule has 18 heavy (non-hydrogen) atoms. The molecule has 1 aromatic heterocycles. The second-order valence-electron chi connectivity index (χ2n) is 4.27. The van der Waals surface area contributed by atoms with Crippen molar-refractivity contribution in [1.29, 1.82) is 0 Å². The van der Waals surface area contributed by atoms with Crippen molar-refractivity contribution < 1.29 is 9.53 Å². The summed E-state index contributed by atoms with van der Waals surface area (Å²) in [5.41, 5.74) is 1.43. The van der Waals surface area contributed by atoms with E-state index in [1.807, 2.05) is 6.07 Å². The predicted molar refractivity (Wildman–Crippen MR) is 71.4 cm³/mol. The van der Waals surface area contributed by atoms with Crippen molar-refractivity contribution in [3.63, 3.8) is 0 Å². The molecule has 0 aliphatic carbocycles. The molecule has 0 unspecified atom stereocenters. The zero-order chi connectivity index (χ0) is 13.2. The SMILES string of the molecule is CCCCCCNCc1ccc(C(=O)OC)cn1. The maximum atomic E-state index is 11.2. The molecule has 1 aromatic rings. The zero-order valence-corrected chi connectivity index (χ0v) is 11.2. The van der Waals surface area contributed by atoms with E-state index in [1.54, 1.807) is 12.3 Å². The molecule has 0 saturated heterocycles. The molecule has 0 bridgehead atoms. The van der Waals surface area contributed by atoms with E-state index in [0.29, 0.717) is 5.56 Å². The van der Waals surface area contributed by atoms with E-state index >= 15 is 0 Å². The van der Waals surface area contributed by atoms with Crippen LogP contribution in [0.15, 0.2) is 18.3 Å². The summed E-state index contributed by atoms with van der Waals surface area (Å²) in [4.78, 5) is 15.4. The molecule has 1 heterocycles. The number of unbranched alkanes of at least 4 members (excludes halogenated alkanes) is 3. The van der Waals surface area contributed by atoms with Gasteiger partial charge >= 0.3 is 5.97 Å². The molecule has 0 radical (unpaired) electrons. The third-order valence-electron chi connectivity index (χ3n) is 2.76. The Kier molecular flexibility index (Phi) is 7.03. The summed E-state index contributed by atoms with van der Waals surface area (Å²) in [5.74, 6) is -0.346. The number of ether oxygens (including phenoxy) is 1. The van der Waals surface area contributed by atoms with Crippen LogP contribution < -0.4 is 5.32 Å². The van der Waals surface area contributed by atoms with Crippen LogP contribution in [-0.2, 0) is 11.3 Å². The van der Waals surface area contributed by atoms with E-state index in [1.165, 1.54) is 32.8 Å². The minimum absolute atomic E-state index is 0.346. The van der Waals surface area contributed by atoms with Gasteiger partial charge < -0.3 is 10.1 Å². The van der Waals surface area contributed by atoms with Crippen LogP contribution in [0.4, 0.5) is 0 Å². The maximum absolute atomic E-state index is 11.2. The summed E-state index contributed by atoms with van der Waals surface area (Å²) in [6.07, 6.45) is 6.59. The Morgan fingerprint density at radius 3 is 2.78 bits per heavy atom. The molecule has 0 aromatic carbocycles. The molecule has 0 saturated carbocycles. The molecular weight excluding hydrogens is 228 g/mol. The molecule has 0 atom stereocenters. The van der Waals surface area contributed by atoms with Crippen LogP contribution in [0, 0.1) is 0 Å². The zero-order valence-electron chi connectivity index (χ0n) is 11.2. The lowest BCUT2D eigenvalue weighted by Crippen LogP contribution is -2.15. The first-order valence-electron chi connectivity index (χ1n) is 6.52. The van der Waals surface area contributed by atoms with Gasteiger partial charge in [-0.1, -0.05) is 26.2 Å². The number of aromatic nitrogens is 1. The Hall–Kier alpha value is -1.42. The topological polar surface area (TPSA) is 51.2 Å². The highest BCUT2D eigenvalue weighted by Gasteiger charge is 2.04. The van der Waals surface area contributed by atoms with Crippen molar-refractivity contribution in [2.24, 2.45) is 0 Å².